The molecule has 3 rings (SSSR count). The molecule has 0 bridgehead atoms. The van der Waals surface area contributed by atoms with Crippen LogP contribution in [-0.2, 0) is 29.0 Å². The van der Waals surface area contributed by atoms with Crippen molar-refractivity contribution in [3.8, 4) is 0 Å². The van der Waals surface area contributed by atoms with E-state index < -0.39 is 6.04 Å². The fraction of sp³-hybridized carbons (Fsp3) is 0.556. The van der Waals surface area contributed by atoms with E-state index in [1.54, 1.807) is 18.3 Å². The van der Waals surface area contributed by atoms with Gasteiger partial charge in [-0.25, -0.2) is 4.98 Å². The summed E-state index contributed by atoms with van der Waals surface area (Å²) in [4.78, 5) is 43.2. The lowest BCUT2D eigenvalue weighted by Crippen LogP contribution is -2.46. The van der Waals surface area contributed by atoms with Gasteiger partial charge >= 0.3 is 0 Å². The number of aromatic nitrogens is 2. The van der Waals surface area contributed by atoms with Gasteiger partial charge in [0.25, 0.3) is 5.56 Å². The second kappa shape index (κ2) is 7.57. The molecular formula is C18H24N4O3S. The van der Waals surface area contributed by atoms with Crippen molar-refractivity contribution >= 4 is 33.4 Å². The Hall–Kier alpha value is -2.22. The summed E-state index contributed by atoms with van der Waals surface area (Å²) in [7, 11) is 0. The first kappa shape index (κ1) is 18.6. The van der Waals surface area contributed by atoms with Gasteiger partial charge in [0.1, 0.15) is 17.4 Å². The minimum Gasteiger partial charge on any atom is -0.355 e. The van der Waals surface area contributed by atoms with Crippen molar-refractivity contribution in [2.24, 2.45) is 5.92 Å². The molecule has 0 spiro atoms. The number of nitrogens with one attached hydrogen (secondary N) is 2. The minimum absolute atomic E-state index is 0.146. The lowest BCUT2D eigenvalue weighted by molar-refractivity contribution is -0.128. The maximum absolute atomic E-state index is 12.9. The van der Waals surface area contributed by atoms with Crippen molar-refractivity contribution in [1.29, 1.82) is 0 Å². The molecule has 0 saturated carbocycles. The molecule has 0 aromatic carbocycles. The topological polar surface area (TPSA) is 93.1 Å². The quantitative estimate of drug-likeness (QED) is 0.821. The summed E-state index contributed by atoms with van der Waals surface area (Å²) in [6.45, 7) is 6.01. The zero-order valence-electron chi connectivity index (χ0n) is 15.3. The highest BCUT2D eigenvalue weighted by Gasteiger charge is 2.23. The molecule has 0 fully saturated rings. The molecule has 140 valence electrons. The normalized spacial score (nSPS) is 17.6. The van der Waals surface area contributed by atoms with Crippen LogP contribution in [0.15, 0.2) is 11.1 Å². The van der Waals surface area contributed by atoms with Gasteiger partial charge in [-0.15, -0.1) is 11.3 Å². The maximum Gasteiger partial charge on any atom is 0.262 e. The number of nitrogens with zero attached hydrogens (tertiary/aromatic N) is 2. The molecule has 0 radical (unpaired) electrons. The van der Waals surface area contributed by atoms with Crippen LogP contribution in [0, 0.1) is 5.92 Å². The Labute approximate surface area is 155 Å². The van der Waals surface area contributed by atoms with E-state index in [0.29, 0.717) is 17.8 Å². The first-order valence-corrected chi connectivity index (χ1v) is 9.79. The molecule has 7 nitrogen and oxygen atoms in total. The third kappa shape index (κ3) is 3.65. The number of fused-ring (bicyclic) bond motifs is 3. The molecule has 0 saturated heterocycles. The maximum atomic E-state index is 12.9. The second-order valence-corrected chi connectivity index (χ2v) is 7.98. The summed E-state index contributed by atoms with van der Waals surface area (Å²) in [6, 6.07) is -0.648. The molecule has 8 heteroatoms. The largest absolute Gasteiger partial charge is 0.355 e. The van der Waals surface area contributed by atoms with Gasteiger partial charge in [-0.3, -0.25) is 19.0 Å². The number of hydrogen-bond donors (Lipinski definition) is 2. The Morgan fingerprint density at radius 2 is 2.23 bits per heavy atom. The van der Waals surface area contributed by atoms with Crippen LogP contribution in [0.25, 0.3) is 10.2 Å². The van der Waals surface area contributed by atoms with Gasteiger partial charge in [0.15, 0.2) is 0 Å². The lowest BCUT2D eigenvalue weighted by atomic mass is 9.89. The molecule has 1 aliphatic rings. The third-order valence-electron chi connectivity index (χ3n) is 4.72. The summed E-state index contributed by atoms with van der Waals surface area (Å²) in [5.74, 6) is -0.00755. The molecule has 0 unspecified atom stereocenters. The Morgan fingerprint density at radius 3 is 2.96 bits per heavy atom. The number of aryl methyl sites for hydroxylation is 1. The molecule has 1 aliphatic carbocycles. The molecule has 26 heavy (non-hydrogen) atoms. The van der Waals surface area contributed by atoms with Gasteiger partial charge < -0.3 is 10.6 Å². The monoisotopic (exact) mass is 376 g/mol. The molecular weight excluding hydrogens is 352 g/mol. The fourth-order valence-electron chi connectivity index (χ4n) is 3.31. The molecule has 2 aromatic heterocycles. The highest BCUT2D eigenvalue weighted by Crippen LogP contribution is 2.35. The van der Waals surface area contributed by atoms with Crippen LogP contribution in [0.3, 0.4) is 0 Å². The number of carbonyl (C=O) groups excluding carboxylic acids is 2. The van der Waals surface area contributed by atoms with E-state index in [2.05, 4.69) is 22.5 Å². The van der Waals surface area contributed by atoms with Gasteiger partial charge in [-0.2, -0.15) is 0 Å². The summed E-state index contributed by atoms with van der Waals surface area (Å²) in [6.07, 6.45) is 4.36. The first-order chi connectivity index (χ1) is 12.4. The van der Waals surface area contributed by atoms with E-state index in [1.807, 2.05) is 6.92 Å². The van der Waals surface area contributed by atoms with Crippen molar-refractivity contribution in [2.45, 2.75) is 52.6 Å². The van der Waals surface area contributed by atoms with Gasteiger partial charge in [-0.05, 0) is 44.6 Å². The zero-order valence-corrected chi connectivity index (χ0v) is 16.1. The number of thiophene rings is 1. The average Bonchev–Trinajstić information content (AvgIpc) is 2.95. The standard InChI is InChI=1S/C18H24N4O3S/c1-4-19-16(24)11(3)21-14(23)8-22-9-20-17-15(18(22)25)12-6-5-10(2)7-13(12)26-17/h9-11H,4-8H2,1-3H3,(H,19,24)(H,21,23)/t10-,11-/m0/s1. The molecule has 2 heterocycles. The van der Waals surface area contributed by atoms with Crippen LogP contribution in [0.1, 0.15) is 37.6 Å². The van der Waals surface area contributed by atoms with Gasteiger partial charge in [-0.1, -0.05) is 6.92 Å². The smallest absolute Gasteiger partial charge is 0.262 e. The van der Waals surface area contributed by atoms with Gasteiger partial charge in [0.2, 0.25) is 11.8 Å². The fourth-order valence-corrected chi connectivity index (χ4v) is 4.65. The number of amides is 2. The van der Waals surface area contributed by atoms with Gasteiger partial charge in [0, 0.05) is 11.4 Å². The third-order valence-corrected chi connectivity index (χ3v) is 5.88. The second-order valence-electron chi connectivity index (χ2n) is 6.89. The van der Waals surface area contributed by atoms with Crippen LogP contribution in [0.5, 0.6) is 0 Å². The Kier molecular flexibility index (Phi) is 5.41. The van der Waals surface area contributed by atoms with Crippen LogP contribution in [0.4, 0.5) is 0 Å². The number of carbonyl (C=O) groups is 2. The van der Waals surface area contributed by atoms with E-state index in [0.717, 1.165) is 29.7 Å². The van der Waals surface area contributed by atoms with Crippen LogP contribution in [0.2, 0.25) is 0 Å². The summed E-state index contributed by atoms with van der Waals surface area (Å²) >= 11 is 1.59. The van der Waals surface area contributed by atoms with Crippen molar-refractivity contribution < 1.29 is 9.59 Å². The predicted octanol–water partition coefficient (Wildman–Crippen LogP) is 1.22. The molecule has 2 aromatic rings. The Bertz CT molecular complexity index is 902. The SMILES string of the molecule is CCNC(=O)[C@H](C)NC(=O)Cn1cnc2sc3c(c2c1=O)CC[C@H](C)C3. The number of hydrogen-bond acceptors (Lipinski definition) is 5. The van der Waals surface area contributed by atoms with E-state index in [9.17, 15) is 14.4 Å². The lowest BCUT2D eigenvalue weighted by Gasteiger charge is -2.17. The van der Waals surface area contributed by atoms with E-state index in [-0.39, 0.29) is 23.9 Å². The molecule has 2 N–H and O–H groups in total. The minimum atomic E-state index is -0.648. The highest BCUT2D eigenvalue weighted by molar-refractivity contribution is 7.18. The Morgan fingerprint density at radius 1 is 1.46 bits per heavy atom. The molecule has 2 atom stereocenters. The van der Waals surface area contributed by atoms with E-state index >= 15 is 0 Å². The van der Waals surface area contributed by atoms with Gasteiger partial charge in [0.05, 0.1) is 11.7 Å². The summed E-state index contributed by atoms with van der Waals surface area (Å²) in [5, 5.41) is 5.92. The van der Waals surface area contributed by atoms with E-state index in [4.69, 9.17) is 0 Å². The number of likely N-dealkylation sites (N-methyl/N-ethyl adjacent to an activating group) is 1. The van der Waals surface area contributed by atoms with Crippen molar-refractivity contribution in [3.05, 3.63) is 27.1 Å². The van der Waals surface area contributed by atoms with Crippen molar-refractivity contribution in [3.63, 3.8) is 0 Å². The van der Waals surface area contributed by atoms with Crippen LogP contribution < -0.4 is 16.2 Å². The highest BCUT2D eigenvalue weighted by atomic mass is 32.1. The number of rotatable bonds is 5. The summed E-state index contributed by atoms with van der Waals surface area (Å²) < 4.78 is 1.33. The predicted molar refractivity (Wildman–Crippen MR) is 101 cm³/mol. The van der Waals surface area contributed by atoms with E-state index in [1.165, 1.54) is 15.8 Å². The van der Waals surface area contributed by atoms with Crippen molar-refractivity contribution in [2.75, 3.05) is 6.54 Å². The average molecular weight is 376 g/mol. The molecule has 0 aliphatic heterocycles. The van der Waals surface area contributed by atoms with Crippen LogP contribution >= 0.6 is 11.3 Å². The van der Waals surface area contributed by atoms with Crippen LogP contribution in [-0.4, -0.2) is 34.0 Å². The van der Waals surface area contributed by atoms with Crippen molar-refractivity contribution in [1.82, 2.24) is 20.2 Å². The Balaban J connectivity index is 1.81. The summed E-state index contributed by atoms with van der Waals surface area (Å²) in [5.41, 5.74) is 0.925. The first-order valence-electron chi connectivity index (χ1n) is 8.97. The zero-order chi connectivity index (χ0) is 18.8. The molecule has 2 amide bonds.